The first-order valence-electron chi connectivity index (χ1n) is 12.5. The lowest BCUT2D eigenvalue weighted by atomic mass is 9.96. The highest BCUT2D eigenvalue weighted by atomic mass is 16.6. The van der Waals surface area contributed by atoms with Gasteiger partial charge in [0, 0.05) is 58.4 Å². The summed E-state index contributed by atoms with van der Waals surface area (Å²) in [5, 5.41) is 5.49. The number of amides is 3. The molecule has 11 heteroatoms. The molecule has 0 spiro atoms. The van der Waals surface area contributed by atoms with Crippen LogP contribution in [0.4, 0.5) is 16.6 Å². The van der Waals surface area contributed by atoms with Crippen LogP contribution in [0, 0.1) is 5.92 Å². The van der Waals surface area contributed by atoms with Gasteiger partial charge in [-0.05, 0) is 52.0 Å². The van der Waals surface area contributed by atoms with Gasteiger partial charge in [0.1, 0.15) is 17.5 Å². The summed E-state index contributed by atoms with van der Waals surface area (Å²) < 4.78 is 5.50. The summed E-state index contributed by atoms with van der Waals surface area (Å²) in [4.78, 5) is 51.2. The maximum atomic E-state index is 12.3. The van der Waals surface area contributed by atoms with Crippen molar-refractivity contribution in [3.05, 3.63) is 12.3 Å². The second-order valence-corrected chi connectivity index (χ2v) is 10.6. The highest BCUT2D eigenvalue weighted by Crippen LogP contribution is 2.22. The first-order chi connectivity index (χ1) is 16.7. The zero-order chi connectivity index (χ0) is 25.0. The number of carbonyl (C=O) groups excluding carboxylic acids is 3. The molecular formula is C24H37N7O4. The molecule has 3 aliphatic rings. The van der Waals surface area contributed by atoms with Gasteiger partial charge in [-0.25, -0.2) is 9.78 Å². The van der Waals surface area contributed by atoms with Crippen molar-refractivity contribution in [2.75, 3.05) is 56.0 Å². The molecule has 3 fully saturated rings. The van der Waals surface area contributed by atoms with E-state index in [0.29, 0.717) is 30.5 Å². The van der Waals surface area contributed by atoms with Crippen molar-refractivity contribution in [2.45, 2.75) is 58.1 Å². The van der Waals surface area contributed by atoms with Gasteiger partial charge in [-0.2, -0.15) is 4.98 Å². The topological polar surface area (TPSA) is 120 Å². The molecule has 0 radical (unpaired) electrons. The molecule has 2 N–H and O–H groups in total. The van der Waals surface area contributed by atoms with Gasteiger partial charge in [0.25, 0.3) is 0 Å². The highest BCUT2D eigenvalue weighted by molar-refractivity contribution is 6.01. The molecule has 1 aromatic heterocycles. The summed E-state index contributed by atoms with van der Waals surface area (Å²) in [5.74, 6) is 1.27. The Hall–Kier alpha value is -2.95. The van der Waals surface area contributed by atoms with Gasteiger partial charge in [0.15, 0.2) is 0 Å². The van der Waals surface area contributed by atoms with E-state index in [9.17, 15) is 14.4 Å². The van der Waals surface area contributed by atoms with Crippen molar-refractivity contribution >= 4 is 29.7 Å². The number of ether oxygens (including phenoxy) is 1. The van der Waals surface area contributed by atoms with Crippen LogP contribution in [0.3, 0.4) is 0 Å². The number of imide groups is 1. The second-order valence-electron chi connectivity index (χ2n) is 10.6. The summed E-state index contributed by atoms with van der Waals surface area (Å²) >= 11 is 0. The van der Waals surface area contributed by atoms with Crippen LogP contribution < -0.4 is 15.5 Å². The van der Waals surface area contributed by atoms with Crippen LogP contribution in [0.25, 0.3) is 0 Å². The molecule has 11 nitrogen and oxygen atoms in total. The fourth-order valence-corrected chi connectivity index (χ4v) is 4.71. The van der Waals surface area contributed by atoms with Crippen LogP contribution in [0.2, 0.25) is 0 Å². The largest absolute Gasteiger partial charge is 0.444 e. The van der Waals surface area contributed by atoms with Crippen LogP contribution >= 0.6 is 0 Å². The number of likely N-dealkylation sites (tertiary alicyclic amines) is 1. The number of aromatic nitrogens is 2. The quantitative estimate of drug-likeness (QED) is 0.595. The van der Waals surface area contributed by atoms with Crippen LogP contribution in [-0.2, 0) is 14.3 Å². The van der Waals surface area contributed by atoms with E-state index in [2.05, 4.69) is 30.4 Å². The SMILES string of the molecule is CC(C)(C)OC(=O)N1CCC(CN2CCN(c3nccc(NC4CCC(=O)NC4=O)n3)CC2)CC1. The smallest absolute Gasteiger partial charge is 0.410 e. The third-order valence-corrected chi connectivity index (χ3v) is 6.64. The number of piperidine rings is 2. The number of hydrogen-bond acceptors (Lipinski definition) is 9. The Kier molecular flexibility index (Phi) is 7.73. The number of piperazine rings is 1. The van der Waals surface area contributed by atoms with Gasteiger partial charge in [-0.3, -0.25) is 19.8 Å². The summed E-state index contributed by atoms with van der Waals surface area (Å²) in [6.45, 7) is 11.8. The Morgan fingerprint density at radius 2 is 1.83 bits per heavy atom. The fourth-order valence-electron chi connectivity index (χ4n) is 4.71. The molecule has 0 saturated carbocycles. The Morgan fingerprint density at radius 3 is 2.49 bits per heavy atom. The Balaban J connectivity index is 1.21. The van der Waals surface area contributed by atoms with Crippen LogP contribution in [0.1, 0.15) is 46.5 Å². The van der Waals surface area contributed by atoms with Crippen molar-refractivity contribution in [1.82, 2.24) is 25.1 Å². The van der Waals surface area contributed by atoms with Crippen LogP contribution in [0.5, 0.6) is 0 Å². The molecule has 3 saturated heterocycles. The van der Waals surface area contributed by atoms with Gasteiger partial charge in [0.05, 0.1) is 0 Å². The molecule has 4 heterocycles. The predicted molar refractivity (Wildman–Crippen MR) is 131 cm³/mol. The van der Waals surface area contributed by atoms with E-state index in [1.807, 2.05) is 25.7 Å². The number of nitrogens with one attached hydrogen (secondary N) is 2. The standard InChI is InChI=1S/C24H37N7O4/c1-24(2,3)35-23(34)31-10-7-17(8-11-31)16-29-12-14-30(15-13-29)22-25-9-6-19(27-22)26-18-4-5-20(32)28-21(18)33/h6,9,17-18H,4-5,7-8,10-16H2,1-3H3,(H,25,26,27)(H,28,32,33). The normalized spacial score (nSPS) is 22.7. The fraction of sp³-hybridized carbons (Fsp3) is 0.708. The number of anilines is 2. The molecule has 0 bridgehead atoms. The van der Waals surface area contributed by atoms with Gasteiger partial charge in [-0.15, -0.1) is 0 Å². The summed E-state index contributed by atoms with van der Waals surface area (Å²) in [7, 11) is 0. The molecule has 4 rings (SSSR count). The molecule has 0 aromatic carbocycles. The average Bonchev–Trinajstić information content (AvgIpc) is 2.81. The minimum Gasteiger partial charge on any atom is -0.444 e. The van der Waals surface area contributed by atoms with E-state index < -0.39 is 11.6 Å². The second kappa shape index (κ2) is 10.8. The minimum atomic E-state index is -0.464. The molecule has 192 valence electrons. The molecule has 1 unspecified atom stereocenters. The van der Waals surface area contributed by atoms with E-state index >= 15 is 0 Å². The van der Waals surface area contributed by atoms with Crippen LogP contribution in [0.15, 0.2) is 12.3 Å². The lowest BCUT2D eigenvalue weighted by molar-refractivity contribution is -0.133. The first kappa shape index (κ1) is 25.2. The maximum absolute atomic E-state index is 12.3. The van der Waals surface area contributed by atoms with Crippen molar-refractivity contribution in [3.63, 3.8) is 0 Å². The van der Waals surface area contributed by atoms with E-state index in [4.69, 9.17) is 4.74 Å². The third-order valence-electron chi connectivity index (χ3n) is 6.64. The van der Waals surface area contributed by atoms with E-state index in [0.717, 1.165) is 58.7 Å². The third kappa shape index (κ3) is 7.03. The van der Waals surface area contributed by atoms with Gasteiger partial charge in [0.2, 0.25) is 17.8 Å². The van der Waals surface area contributed by atoms with E-state index in [1.54, 1.807) is 12.3 Å². The Bertz CT molecular complexity index is 919. The Morgan fingerprint density at radius 1 is 1.11 bits per heavy atom. The Labute approximate surface area is 206 Å². The van der Waals surface area contributed by atoms with Crippen molar-refractivity contribution in [2.24, 2.45) is 5.92 Å². The minimum absolute atomic E-state index is 0.209. The number of hydrogen-bond donors (Lipinski definition) is 2. The summed E-state index contributed by atoms with van der Waals surface area (Å²) in [6.07, 6.45) is 4.26. The molecular weight excluding hydrogens is 450 g/mol. The zero-order valence-corrected chi connectivity index (χ0v) is 21.0. The molecule has 0 aliphatic carbocycles. The van der Waals surface area contributed by atoms with Gasteiger partial charge in [-0.1, -0.05) is 0 Å². The van der Waals surface area contributed by atoms with Crippen molar-refractivity contribution in [1.29, 1.82) is 0 Å². The highest BCUT2D eigenvalue weighted by Gasteiger charge is 2.29. The van der Waals surface area contributed by atoms with Crippen molar-refractivity contribution < 1.29 is 19.1 Å². The predicted octanol–water partition coefficient (Wildman–Crippen LogP) is 1.46. The van der Waals surface area contributed by atoms with Crippen LogP contribution in [-0.4, -0.2) is 95.1 Å². The molecule has 3 amide bonds. The first-order valence-corrected chi connectivity index (χ1v) is 12.5. The molecule has 1 aromatic rings. The number of nitrogens with zero attached hydrogens (tertiary/aromatic N) is 5. The number of rotatable bonds is 5. The molecule has 35 heavy (non-hydrogen) atoms. The monoisotopic (exact) mass is 487 g/mol. The van der Waals surface area contributed by atoms with E-state index in [-0.39, 0.29) is 17.9 Å². The summed E-state index contributed by atoms with van der Waals surface area (Å²) in [6, 6.07) is 1.28. The molecule has 1 atom stereocenters. The average molecular weight is 488 g/mol. The van der Waals surface area contributed by atoms with Crippen molar-refractivity contribution in [3.8, 4) is 0 Å². The summed E-state index contributed by atoms with van der Waals surface area (Å²) in [5.41, 5.74) is -0.460. The van der Waals surface area contributed by atoms with Gasteiger partial charge >= 0.3 is 6.09 Å². The zero-order valence-electron chi connectivity index (χ0n) is 21.0. The maximum Gasteiger partial charge on any atom is 0.410 e. The van der Waals surface area contributed by atoms with E-state index in [1.165, 1.54) is 0 Å². The lowest BCUT2D eigenvalue weighted by Gasteiger charge is -2.39. The molecule has 3 aliphatic heterocycles. The van der Waals surface area contributed by atoms with Gasteiger partial charge < -0.3 is 19.9 Å². The number of carbonyl (C=O) groups is 3. The lowest BCUT2D eigenvalue weighted by Crippen LogP contribution is -2.50.